The summed E-state index contributed by atoms with van der Waals surface area (Å²) < 4.78 is 95.4. The van der Waals surface area contributed by atoms with Crippen molar-refractivity contribution >= 4 is 151 Å². The number of allylic oxidation sites excluding steroid dienone is 2. The van der Waals surface area contributed by atoms with Gasteiger partial charge in [0, 0.05) is 94.4 Å². The molecule has 1 aliphatic carbocycles. The van der Waals surface area contributed by atoms with Crippen LogP contribution in [0.1, 0.15) is 160 Å². The number of aryl methyl sites for hydroxylation is 3. The standard InChI is InChI=1S/C68H53BrF6N2O5S4/c1-6-8-10-12-14-36(15-13-11-9-7-2)76-62(79)43-23-19-38-40-21-25-45-58-46(26-22-41(56(40)58)39-20-24-44(63(76)80)57(43)55(38)39)65(82)77(64(45)81)37-17-18-42(49(69)30-37)61(78)52-29-28-51(86-52)54-32-48(35(5)85-54)60-59(66(70,71)68(74,75)67(60,72)73)47-31-53(84-34(47)4)50-27-16-33(3)83-50/h16-32,36H,6-15H2,1-5H3. The number of rotatable bonds is 18. The number of unbranched alkanes of at least 4 members (excludes halogenated alkanes) is 6. The van der Waals surface area contributed by atoms with Crippen LogP contribution >= 0.6 is 61.3 Å². The van der Waals surface area contributed by atoms with Gasteiger partial charge in [0.25, 0.3) is 23.6 Å². The summed E-state index contributed by atoms with van der Waals surface area (Å²) in [6.07, 6.45) is 9.83. The molecule has 7 nitrogen and oxygen atoms in total. The Hall–Kier alpha value is -6.83. The van der Waals surface area contributed by atoms with Gasteiger partial charge in [0.1, 0.15) is 0 Å². The van der Waals surface area contributed by atoms with Gasteiger partial charge in [-0.25, -0.2) is 4.90 Å². The number of hydrogen-bond acceptors (Lipinski definition) is 9. The highest BCUT2D eigenvalue weighted by atomic mass is 79.9. The fourth-order valence-corrected chi connectivity index (χ4v) is 17.7. The fourth-order valence-electron chi connectivity index (χ4n) is 13.1. The van der Waals surface area contributed by atoms with Crippen LogP contribution in [-0.4, -0.2) is 58.1 Å². The third-order valence-electron chi connectivity index (χ3n) is 17.4. The van der Waals surface area contributed by atoms with E-state index in [1.807, 2.05) is 49.4 Å². The van der Waals surface area contributed by atoms with Crippen molar-refractivity contribution in [2.75, 3.05) is 4.90 Å². The van der Waals surface area contributed by atoms with E-state index >= 15 is 26.3 Å². The van der Waals surface area contributed by atoms with Crippen LogP contribution in [0.3, 0.4) is 0 Å². The molecule has 0 spiro atoms. The molecule has 4 aromatic heterocycles. The molecule has 10 aromatic rings. The molecule has 438 valence electrons. The molecule has 13 rings (SSSR count). The second-order valence-electron chi connectivity index (χ2n) is 22.6. The Balaban J connectivity index is 0.791. The predicted molar refractivity (Wildman–Crippen MR) is 339 cm³/mol. The zero-order valence-corrected chi connectivity index (χ0v) is 52.0. The van der Waals surface area contributed by atoms with E-state index < -0.39 is 52.1 Å². The molecule has 3 aliphatic rings. The molecule has 0 N–H and O–H groups in total. The molecule has 18 heteroatoms. The SMILES string of the molecule is CCCCCCC(CCCCCC)N1C(=O)c2ccc3c4ccc5c6c(ccc(c7ccc(c2c37)C1=O)c64)C(=O)N(c1ccc(C(=O)c2ccc(-c3cc(C4=C(c6cc(-c7ccc(C)s7)sc6C)C(F)(F)C(F)(F)C4(F)F)c(C)s3)s2)c(Br)c1)C5=O. The average Bonchev–Trinajstić information content (AvgIpc) is 1.02. The Kier molecular flexibility index (Phi) is 14.5. The van der Waals surface area contributed by atoms with Crippen molar-refractivity contribution < 1.29 is 50.3 Å². The third kappa shape index (κ3) is 8.75. The van der Waals surface area contributed by atoms with Gasteiger partial charge < -0.3 is 0 Å². The highest BCUT2D eigenvalue weighted by Crippen LogP contribution is 2.66. The molecular formula is C68H53BrF6N2O5S4. The van der Waals surface area contributed by atoms with Crippen molar-refractivity contribution in [3.63, 3.8) is 0 Å². The summed E-state index contributed by atoms with van der Waals surface area (Å²) in [4.78, 5) is 79.0. The number of amides is 4. The summed E-state index contributed by atoms with van der Waals surface area (Å²) in [7, 11) is 0. The number of ketones is 1. The van der Waals surface area contributed by atoms with E-state index in [9.17, 15) is 24.0 Å². The van der Waals surface area contributed by atoms with Gasteiger partial charge in [-0.3, -0.25) is 28.9 Å². The number of hydrogen-bond donors (Lipinski definition) is 0. The maximum Gasteiger partial charge on any atom is 0.380 e. The molecule has 86 heavy (non-hydrogen) atoms. The van der Waals surface area contributed by atoms with E-state index in [2.05, 4.69) is 29.8 Å². The van der Waals surface area contributed by atoms with E-state index in [0.717, 1.165) is 135 Å². The number of fused-ring (bicyclic) bond motifs is 2. The van der Waals surface area contributed by atoms with Gasteiger partial charge in [-0.1, -0.05) is 89.5 Å². The molecule has 0 bridgehead atoms. The van der Waals surface area contributed by atoms with Crippen molar-refractivity contribution in [1.29, 1.82) is 0 Å². The van der Waals surface area contributed by atoms with Crippen LogP contribution in [0.4, 0.5) is 32.0 Å². The monoisotopic (exact) mass is 1300 g/mol. The first-order valence-corrected chi connectivity index (χ1v) is 32.7. The molecule has 0 radical (unpaired) electrons. The van der Waals surface area contributed by atoms with Crippen molar-refractivity contribution in [3.8, 4) is 19.5 Å². The van der Waals surface area contributed by atoms with Gasteiger partial charge in [0.05, 0.1) is 10.6 Å². The Morgan fingerprint density at radius 2 is 0.942 bits per heavy atom. The summed E-state index contributed by atoms with van der Waals surface area (Å²) in [6, 6.07) is 28.0. The molecule has 0 fully saturated rings. The van der Waals surface area contributed by atoms with E-state index in [1.165, 1.54) is 66.5 Å². The number of anilines is 1. The second-order valence-corrected chi connectivity index (χ2v) is 28.4. The molecule has 0 saturated heterocycles. The molecule has 2 aliphatic heterocycles. The van der Waals surface area contributed by atoms with Crippen molar-refractivity contribution in [3.05, 3.63) is 166 Å². The number of nitrogens with zero attached hydrogens (tertiary/aromatic N) is 2. The minimum Gasteiger partial charge on any atom is -0.288 e. The molecule has 4 amide bonds. The topological polar surface area (TPSA) is 91.8 Å². The highest BCUT2D eigenvalue weighted by Gasteiger charge is 2.80. The van der Waals surface area contributed by atoms with E-state index in [4.69, 9.17) is 0 Å². The summed E-state index contributed by atoms with van der Waals surface area (Å²) in [5.41, 5.74) is -1.80. The zero-order chi connectivity index (χ0) is 60.6. The van der Waals surface area contributed by atoms with Gasteiger partial charge >= 0.3 is 17.8 Å². The van der Waals surface area contributed by atoms with Gasteiger partial charge in [-0.05, 0) is 172 Å². The van der Waals surface area contributed by atoms with Crippen LogP contribution in [0, 0.1) is 20.8 Å². The normalized spacial score (nSPS) is 16.3. The van der Waals surface area contributed by atoms with Crippen LogP contribution in [-0.2, 0) is 0 Å². The Morgan fingerprint density at radius 3 is 1.38 bits per heavy atom. The lowest BCUT2D eigenvalue weighted by molar-refractivity contribution is -0.254. The lowest BCUT2D eigenvalue weighted by atomic mass is 9.82. The van der Waals surface area contributed by atoms with E-state index in [-0.39, 0.29) is 64.9 Å². The van der Waals surface area contributed by atoms with Crippen molar-refractivity contribution in [2.24, 2.45) is 0 Å². The number of imide groups is 2. The number of halogens is 7. The number of alkyl halides is 6. The molecule has 0 unspecified atom stereocenters. The summed E-state index contributed by atoms with van der Waals surface area (Å²) in [5, 5.41) is 5.64. The van der Waals surface area contributed by atoms with Crippen LogP contribution in [0.5, 0.6) is 0 Å². The third-order valence-corrected chi connectivity index (χ3v) is 22.6. The summed E-state index contributed by atoms with van der Waals surface area (Å²) in [6.45, 7) is 9.03. The Labute approximate surface area is 515 Å². The van der Waals surface area contributed by atoms with Crippen LogP contribution < -0.4 is 4.90 Å². The van der Waals surface area contributed by atoms with Crippen LogP contribution in [0.25, 0.3) is 73.7 Å². The molecule has 6 aromatic carbocycles. The number of carbonyl (C=O) groups excluding carboxylic acids is 5. The fraction of sp³-hybridized carbons (Fsp3) is 0.279. The molecular weight excluding hydrogens is 1250 g/mol. The Bertz CT molecular complexity index is 4450. The first-order valence-electron chi connectivity index (χ1n) is 28.7. The maximum absolute atomic E-state index is 16.1. The molecule has 6 heterocycles. The number of carbonyl (C=O) groups is 5. The highest BCUT2D eigenvalue weighted by molar-refractivity contribution is 9.10. The lowest BCUT2D eigenvalue weighted by Crippen LogP contribution is -2.48. The van der Waals surface area contributed by atoms with Gasteiger partial charge in [-0.2, -0.15) is 26.3 Å². The number of benzene rings is 6. The van der Waals surface area contributed by atoms with Crippen molar-refractivity contribution in [2.45, 2.75) is 123 Å². The van der Waals surface area contributed by atoms with Crippen molar-refractivity contribution in [1.82, 2.24) is 4.90 Å². The minimum atomic E-state index is -5.74. The smallest absolute Gasteiger partial charge is 0.288 e. The second kappa shape index (κ2) is 21.5. The Morgan fingerprint density at radius 1 is 0.488 bits per heavy atom. The molecule has 0 atom stereocenters. The van der Waals surface area contributed by atoms with Crippen LogP contribution in [0.2, 0.25) is 0 Å². The molecule has 0 saturated carbocycles. The van der Waals surface area contributed by atoms with Crippen LogP contribution in [0.15, 0.2) is 108 Å². The summed E-state index contributed by atoms with van der Waals surface area (Å²) >= 11 is 7.90. The number of thiophene rings is 4. The van der Waals surface area contributed by atoms with E-state index in [0.29, 0.717) is 46.8 Å². The average molecular weight is 1300 g/mol. The van der Waals surface area contributed by atoms with Gasteiger partial charge in [-0.15, -0.1) is 45.3 Å². The lowest BCUT2D eigenvalue weighted by Gasteiger charge is -2.35. The minimum absolute atomic E-state index is 0.103. The first kappa shape index (κ1) is 58.2. The maximum atomic E-state index is 16.1. The predicted octanol–water partition coefficient (Wildman–Crippen LogP) is 20.8. The first-order chi connectivity index (χ1) is 41.1. The summed E-state index contributed by atoms with van der Waals surface area (Å²) in [5.74, 6) is -18.4. The largest absolute Gasteiger partial charge is 0.380 e. The van der Waals surface area contributed by atoms with E-state index in [1.54, 1.807) is 24.3 Å². The zero-order valence-electron chi connectivity index (χ0n) is 47.2. The van der Waals surface area contributed by atoms with Gasteiger partial charge in [0.2, 0.25) is 5.78 Å². The van der Waals surface area contributed by atoms with Gasteiger partial charge in [0.15, 0.2) is 0 Å². The quantitative estimate of drug-likeness (QED) is 0.0213.